The van der Waals surface area contributed by atoms with E-state index >= 15 is 0 Å². The van der Waals surface area contributed by atoms with Crippen molar-refractivity contribution in [2.45, 2.75) is 32.8 Å². The Morgan fingerprint density at radius 3 is 2.33 bits per heavy atom. The van der Waals surface area contributed by atoms with Gasteiger partial charge >= 0.3 is 17.6 Å². The van der Waals surface area contributed by atoms with Crippen molar-refractivity contribution < 1.29 is 40.6 Å². The molecule has 0 radical (unpaired) electrons. The Morgan fingerprint density at radius 1 is 1.00 bits per heavy atom. The molecule has 0 saturated heterocycles. The van der Waals surface area contributed by atoms with E-state index in [1.54, 1.807) is 12.1 Å². The highest BCUT2D eigenvalue weighted by Crippen LogP contribution is 2.38. The van der Waals surface area contributed by atoms with Crippen LogP contribution in [-0.2, 0) is 19.0 Å². The molecule has 1 aliphatic heterocycles. The molecule has 1 N–H and O–H groups in total. The molecule has 0 aromatic heterocycles. The van der Waals surface area contributed by atoms with Gasteiger partial charge in [0.15, 0.2) is 11.5 Å². The van der Waals surface area contributed by atoms with Crippen LogP contribution < -0.4 is 14.8 Å². The molecule has 39 heavy (non-hydrogen) atoms. The standard InChI is InChI=1S/C26H27F6N3O3S/c1-4-35(5-2)11-10-33-23-22(39-24(36)34-23)13-16-6-9-20(37-3)21(12-16)38-15-17-7-8-18(25(27,28)29)14-19(17)26(30,31)32/h6-9,12-14H,4-5,10-11,15H2,1-3H3,(H,33,34,36)/b22-13-. The van der Waals surface area contributed by atoms with E-state index in [1.807, 2.05) is 13.8 Å². The first-order valence-electron chi connectivity index (χ1n) is 11.9. The molecule has 0 unspecified atom stereocenters. The number of benzene rings is 2. The Kier molecular flexibility index (Phi) is 9.94. The van der Waals surface area contributed by atoms with E-state index in [2.05, 4.69) is 15.2 Å². The van der Waals surface area contributed by atoms with E-state index in [4.69, 9.17) is 9.47 Å². The Labute approximate surface area is 226 Å². The van der Waals surface area contributed by atoms with Crippen molar-refractivity contribution in [2.24, 2.45) is 4.99 Å². The number of thioether (sulfide) groups is 1. The van der Waals surface area contributed by atoms with Gasteiger partial charge in [-0.25, -0.2) is 0 Å². The highest BCUT2D eigenvalue weighted by molar-refractivity contribution is 8.18. The molecule has 0 aliphatic carbocycles. The topological polar surface area (TPSA) is 63.2 Å². The molecule has 212 valence electrons. The summed E-state index contributed by atoms with van der Waals surface area (Å²) in [5, 5.41) is 2.77. The number of aliphatic imine (C=N–C) groups is 1. The maximum absolute atomic E-state index is 13.5. The fourth-order valence-corrected chi connectivity index (χ4v) is 4.49. The molecule has 1 aliphatic rings. The first-order chi connectivity index (χ1) is 18.3. The second kappa shape index (κ2) is 12.8. The molecule has 6 nitrogen and oxygen atoms in total. The van der Waals surface area contributed by atoms with Crippen LogP contribution in [0.2, 0.25) is 0 Å². The number of carbonyl (C=O) groups excluding carboxylic acids is 1. The summed E-state index contributed by atoms with van der Waals surface area (Å²) in [7, 11) is 1.34. The number of amidine groups is 1. The Bertz CT molecular complexity index is 1240. The van der Waals surface area contributed by atoms with Crippen LogP contribution in [-0.4, -0.2) is 49.3 Å². The maximum Gasteiger partial charge on any atom is 0.416 e. The molecule has 0 atom stereocenters. The quantitative estimate of drug-likeness (QED) is 0.313. The fraction of sp³-hybridized carbons (Fsp3) is 0.385. The third-order valence-corrected chi connectivity index (χ3v) is 6.66. The lowest BCUT2D eigenvalue weighted by atomic mass is 10.0. The summed E-state index contributed by atoms with van der Waals surface area (Å²) >= 11 is 0.926. The van der Waals surface area contributed by atoms with Crippen LogP contribution in [0.1, 0.15) is 36.1 Å². The number of nitrogens with zero attached hydrogens (tertiary/aromatic N) is 2. The van der Waals surface area contributed by atoms with Gasteiger partial charge in [-0.1, -0.05) is 26.0 Å². The average Bonchev–Trinajstić information content (AvgIpc) is 3.22. The third kappa shape index (κ3) is 8.15. The number of rotatable bonds is 10. The summed E-state index contributed by atoms with van der Waals surface area (Å²) in [6.45, 7) is 6.52. The molecule has 3 rings (SSSR count). The summed E-state index contributed by atoms with van der Waals surface area (Å²) < 4.78 is 90.3. The van der Waals surface area contributed by atoms with Gasteiger partial charge in [0.2, 0.25) is 0 Å². The second-order valence-electron chi connectivity index (χ2n) is 8.36. The number of ether oxygens (including phenoxy) is 2. The molecule has 0 spiro atoms. The molecule has 0 saturated carbocycles. The summed E-state index contributed by atoms with van der Waals surface area (Å²) in [4.78, 5) is 18.7. The van der Waals surface area contributed by atoms with Crippen LogP contribution in [0, 0.1) is 0 Å². The van der Waals surface area contributed by atoms with Crippen LogP contribution in [0.3, 0.4) is 0 Å². The Morgan fingerprint density at radius 2 is 1.72 bits per heavy atom. The van der Waals surface area contributed by atoms with Gasteiger partial charge in [0, 0.05) is 18.7 Å². The van der Waals surface area contributed by atoms with E-state index in [0.29, 0.717) is 28.9 Å². The van der Waals surface area contributed by atoms with Gasteiger partial charge in [-0.3, -0.25) is 4.79 Å². The van der Waals surface area contributed by atoms with Crippen molar-refractivity contribution in [1.82, 2.24) is 10.2 Å². The normalized spacial score (nSPS) is 15.2. The average molecular weight is 576 g/mol. The number of hydrogen-bond donors (Lipinski definition) is 1. The lowest BCUT2D eigenvalue weighted by molar-refractivity contribution is -0.143. The summed E-state index contributed by atoms with van der Waals surface area (Å²) in [6.07, 6.45) is -8.27. The molecule has 0 fully saturated rings. The van der Waals surface area contributed by atoms with Crippen molar-refractivity contribution in [3.05, 3.63) is 63.6 Å². The third-order valence-electron chi connectivity index (χ3n) is 5.86. The van der Waals surface area contributed by atoms with Gasteiger partial charge in [-0.2, -0.15) is 31.3 Å². The molecule has 2 aromatic carbocycles. The molecule has 0 bridgehead atoms. The van der Waals surface area contributed by atoms with Gasteiger partial charge in [0.1, 0.15) is 12.4 Å². The van der Waals surface area contributed by atoms with Crippen molar-refractivity contribution in [1.29, 1.82) is 0 Å². The Balaban J connectivity index is 1.82. The molecular formula is C26H27F6N3O3S. The number of likely N-dealkylation sites (N-methyl/N-ethyl adjacent to an activating group) is 1. The zero-order valence-corrected chi connectivity index (χ0v) is 22.2. The van der Waals surface area contributed by atoms with Gasteiger partial charge in [0.05, 0.1) is 23.1 Å². The first-order valence-corrected chi connectivity index (χ1v) is 12.7. The molecule has 1 amide bonds. The number of nitrogens with one attached hydrogen (secondary N) is 1. The predicted molar refractivity (Wildman–Crippen MR) is 138 cm³/mol. The van der Waals surface area contributed by atoms with Crippen LogP contribution in [0.15, 0.2) is 46.3 Å². The van der Waals surface area contributed by atoms with Gasteiger partial charge < -0.3 is 19.7 Å². The van der Waals surface area contributed by atoms with Crippen molar-refractivity contribution in [3.8, 4) is 11.5 Å². The van der Waals surface area contributed by atoms with Crippen molar-refractivity contribution in [2.75, 3.05) is 33.3 Å². The zero-order chi connectivity index (χ0) is 28.8. The molecule has 13 heteroatoms. The van der Waals surface area contributed by atoms with Crippen LogP contribution in [0.5, 0.6) is 11.5 Å². The number of halogens is 6. The predicted octanol–water partition coefficient (Wildman–Crippen LogP) is 6.85. The highest BCUT2D eigenvalue weighted by Gasteiger charge is 2.38. The summed E-state index contributed by atoms with van der Waals surface area (Å²) in [6, 6.07) is 6.09. The number of hydrogen-bond acceptors (Lipinski definition) is 6. The number of alkyl halides is 6. The van der Waals surface area contributed by atoms with E-state index in [-0.39, 0.29) is 17.6 Å². The fourth-order valence-electron chi connectivity index (χ4n) is 3.75. The molecular weight excluding hydrogens is 548 g/mol. The zero-order valence-electron chi connectivity index (χ0n) is 21.4. The van der Waals surface area contributed by atoms with Gasteiger partial charge in [0.25, 0.3) is 0 Å². The highest BCUT2D eigenvalue weighted by atomic mass is 32.2. The minimum Gasteiger partial charge on any atom is -0.493 e. The van der Waals surface area contributed by atoms with E-state index in [1.165, 1.54) is 19.2 Å². The van der Waals surface area contributed by atoms with E-state index in [9.17, 15) is 31.1 Å². The largest absolute Gasteiger partial charge is 0.493 e. The van der Waals surface area contributed by atoms with Crippen molar-refractivity contribution >= 4 is 28.9 Å². The minimum absolute atomic E-state index is 0.0686. The smallest absolute Gasteiger partial charge is 0.416 e. The molecule has 1 heterocycles. The minimum atomic E-state index is -5.02. The lowest BCUT2D eigenvalue weighted by Gasteiger charge is -2.18. The van der Waals surface area contributed by atoms with E-state index in [0.717, 1.165) is 37.5 Å². The molecule has 2 aromatic rings. The number of amides is 1. The first kappa shape index (κ1) is 30.4. The van der Waals surface area contributed by atoms with Crippen molar-refractivity contribution in [3.63, 3.8) is 0 Å². The van der Waals surface area contributed by atoms with E-state index < -0.39 is 40.9 Å². The monoisotopic (exact) mass is 575 g/mol. The number of methoxy groups -OCH3 is 1. The lowest BCUT2D eigenvalue weighted by Crippen LogP contribution is -2.34. The Hall–Kier alpha value is -3.19. The maximum atomic E-state index is 13.5. The second-order valence-corrected chi connectivity index (χ2v) is 9.35. The SMILES string of the molecule is CCN(CC)CCNC1=NC(=O)S/C1=C\c1ccc(OC)c(OCc2ccc(C(F)(F)F)cc2C(F)(F)F)c1. The van der Waals surface area contributed by atoms with Crippen LogP contribution >= 0.6 is 11.8 Å². The van der Waals surface area contributed by atoms with Gasteiger partial charge in [-0.05, 0) is 60.8 Å². The summed E-state index contributed by atoms with van der Waals surface area (Å²) in [5.41, 5.74) is -2.77. The van der Waals surface area contributed by atoms with Crippen LogP contribution in [0.25, 0.3) is 6.08 Å². The van der Waals surface area contributed by atoms with Crippen LogP contribution in [0.4, 0.5) is 31.1 Å². The number of carbonyl (C=O) groups is 1. The summed E-state index contributed by atoms with van der Waals surface area (Å²) in [5.74, 6) is 0.691. The van der Waals surface area contributed by atoms with Gasteiger partial charge in [-0.15, -0.1) is 0 Å².